The molecule has 6 heteroatoms. The Kier molecular flexibility index (Phi) is 6.83. The number of hydrogen-bond acceptors (Lipinski definition) is 6. The summed E-state index contributed by atoms with van der Waals surface area (Å²) in [6, 6.07) is 15.5. The van der Waals surface area contributed by atoms with Crippen LogP contribution in [0, 0.1) is 0 Å². The molecule has 0 unspecified atom stereocenters. The third-order valence-electron chi connectivity index (χ3n) is 3.45. The second-order valence-electron chi connectivity index (χ2n) is 5.49. The van der Waals surface area contributed by atoms with Crippen LogP contribution < -0.4 is 9.47 Å². The molecule has 0 atom stereocenters. The van der Waals surface area contributed by atoms with Gasteiger partial charge in [0.25, 0.3) is 0 Å². The Labute approximate surface area is 149 Å². The normalized spacial score (nSPS) is 11.0. The third-order valence-corrected chi connectivity index (χ3v) is 3.45. The van der Waals surface area contributed by atoms with Crippen LogP contribution >= 0.6 is 0 Å². The predicted molar refractivity (Wildman–Crippen MR) is 102 cm³/mol. The third kappa shape index (κ3) is 6.18. The van der Waals surface area contributed by atoms with Crippen molar-refractivity contribution in [1.29, 1.82) is 0 Å². The van der Waals surface area contributed by atoms with Crippen molar-refractivity contribution < 1.29 is 9.47 Å². The number of hydrogen-bond donors (Lipinski definition) is 0. The summed E-state index contributed by atoms with van der Waals surface area (Å²) in [6.45, 7) is 0.569. The second kappa shape index (κ2) is 9.32. The molecule has 0 saturated heterocycles. The van der Waals surface area contributed by atoms with E-state index >= 15 is 0 Å². The molecule has 0 amide bonds. The molecule has 0 aliphatic carbocycles. The van der Waals surface area contributed by atoms with E-state index in [1.54, 1.807) is 26.6 Å². The van der Waals surface area contributed by atoms with Crippen LogP contribution in [0.3, 0.4) is 0 Å². The van der Waals surface area contributed by atoms with E-state index in [2.05, 4.69) is 10.2 Å². The van der Waals surface area contributed by atoms with Gasteiger partial charge < -0.3 is 9.47 Å². The molecule has 0 spiro atoms. The fourth-order valence-corrected chi connectivity index (χ4v) is 2.08. The van der Waals surface area contributed by atoms with Gasteiger partial charge in [-0.15, -0.1) is 0 Å². The monoisotopic (exact) mass is 340 g/mol. The van der Waals surface area contributed by atoms with Crippen LogP contribution in [0.25, 0.3) is 0 Å². The summed E-state index contributed by atoms with van der Waals surface area (Å²) in [5.41, 5.74) is 2.02. The minimum Gasteiger partial charge on any atom is -0.497 e. The summed E-state index contributed by atoms with van der Waals surface area (Å²) in [5, 5.41) is 12.4. The molecule has 0 saturated carbocycles. The number of methoxy groups -OCH3 is 2. The molecule has 0 bridgehead atoms. The Morgan fingerprint density at radius 3 is 1.40 bits per heavy atom. The van der Waals surface area contributed by atoms with Gasteiger partial charge in [-0.3, -0.25) is 10.0 Å². The number of hydrazone groups is 2. The van der Waals surface area contributed by atoms with Gasteiger partial charge in [-0.1, -0.05) is 0 Å². The summed E-state index contributed by atoms with van der Waals surface area (Å²) in [4.78, 5) is 0. The van der Waals surface area contributed by atoms with Crippen LogP contribution in [0.1, 0.15) is 11.1 Å². The van der Waals surface area contributed by atoms with Gasteiger partial charge in [0.1, 0.15) is 18.2 Å². The summed E-state index contributed by atoms with van der Waals surface area (Å²) < 4.78 is 10.3. The molecule has 25 heavy (non-hydrogen) atoms. The highest BCUT2D eigenvalue weighted by atomic mass is 16.5. The minimum absolute atomic E-state index is 0.569. The molecule has 132 valence electrons. The molecule has 2 rings (SSSR count). The topological polar surface area (TPSA) is 49.7 Å². The van der Waals surface area contributed by atoms with Gasteiger partial charge in [-0.2, -0.15) is 10.2 Å². The standard InChI is InChI=1S/C19H24N4O2/c1-22(20-13-16-5-9-18(24-3)10-6-16)15-23(2)21-14-17-7-11-19(25-4)12-8-17/h5-14H,15H2,1-4H3/b20-13-,21-14+. The number of benzene rings is 2. The zero-order valence-corrected chi connectivity index (χ0v) is 15.1. The molecule has 0 aliphatic rings. The van der Waals surface area contributed by atoms with Crippen molar-refractivity contribution in [1.82, 2.24) is 10.0 Å². The molecule has 2 aromatic carbocycles. The Bertz CT molecular complexity index is 635. The van der Waals surface area contributed by atoms with E-state index in [1.165, 1.54) is 0 Å². The first kappa shape index (κ1) is 18.3. The molecule has 0 N–H and O–H groups in total. The van der Waals surface area contributed by atoms with Crippen LogP contribution in [0.15, 0.2) is 58.7 Å². The summed E-state index contributed by atoms with van der Waals surface area (Å²) in [7, 11) is 7.11. The lowest BCUT2D eigenvalue weighted by molar-refractivity contribution is 0.196. The number of rotatable bonds is 8. The van der Waals surface area contributed by atoms with E-state index in [-0.39, 0.29) is 0 Å². The average Bonchev–Trinajstić information content (AvgIpc) is 2.65. The molecular formula is C19H24N4O2. The molecule has 6 nitrogen and oxygen atoms in total. The van der Waals surface area contributed by atoms with E-state index in [0.717, 1.165) is 22.6 Å². The van der Waals surface area contributed by atoms with Crippen molar-refractivity contribution in [2.75, 3.05) is 35.0 Å². The van der Waals surface area contributed by atoms with E-state index in [4.69, 9.17) is 9.47 Å². The van der Waals surface area contributed by atoms with E-state index in [1.807, 2.05) is 72.6 Å². The zero-order valence-electron chi connectivity index (χ0n) is 15.1. The van der Waals surface area contributed by atoms with Crippen molar-refractivity contribution in [2.45, 2.75) is 0 Å². The van der Waals surface area contributed by atoms with E-state index in [0.29, 0.717) is 6.67 Å². The Morgan fingerprint density at radius 1 is 0.720 bits per heavy atom. The smallest absolute Gasteiger partial charge is 0.122 e. The van der Waals surface area contributed by atoms with Gasteiger partial charge in [0.2, 0.25) is 0 Å². The number of nitrogens with zero attached hydrogens (tertiary/aromatic N) is 4. The van der Waals surface area contributed by atoms with Crippen LogP contribution in [0.4, 0.5) is 0 Å². The quantitative estimate of drug-likeness (QED) is 0.421. The highest BCUT2D eigenvalue weighted by Gasteiger charge is 1.98. The van der Waals surface area contributed by atoms with Crippen LogP contribution in [-0.2, 0) is 0 Å². The van der Waals surface area contributed by atoms with Gasteiger partial charge in [0.05, 0.1) is 26.6 Å². The second-order valence-corrected chi connectivity index (χ2v) is 5.49. The molecule has 0 aromatic heterocycles. The molecule has 0 radical (unpaired) electrons. The van der Waals surface area contributed by atoms with Gasteiger partial charge in [0, 0.05) is 14.1 Å². The van der Waals surface area contributed by atoms with Gasteiger partial charge in [0.15, 0.2) is 0 Å². The zero-order chi connectivity index (χ0) is 18.1. The van der Waals surface area contributed by atoms with Gasteiger partial charge >= 0.3 is 0 Å². The van der Waals surface area contributed by atoms with Crippen molar-refractivity contribution in [3.63, 3.8) is 0 Å². The number of ether oxygens (including phenoxy) is 2. The van der Waals surface area contributed by atoms with Crippen molar-refractivity contribution in [2.24, 2.45) is 10.2 Å². The molecule has 0 fully saturated rings. The first-order chi connectivity index (χ1) is 12.1. The fourth-order valence-electron chi connectivity index (χ4n) is 2.08. The largest absolute Gasteiger partial charge is 0.497 e. The SMILES string of the molecule is COc1ccc(/C=N\N(C)CN(C)/N=C/c2ccc(OC)cc2)cc1. The Balaban J connectivity index is 1.84. The van der Waals surface area contributed by atoms with Gasteiger partial charge in [-0.05, 0) is 59.7 Å². The maximum atomic E-state index is 5.14. The molecule has 0 heterocycles. The van der Waals surface area contributed by atoms with Crippen molar-refractivity contribution in [3.05, 3.63) is 59.7 Å². The van der Waals surface area contributed by atoms with Crippen LogP contribution in [0.5, 0.6) is 11.5 Å². The van der Waals surface area contributed by atoms with E-state index in [9.17, 15) is 0 Å². The summed E-state index contributed by atoms with van der Waals surface area (Å²) in [6.07, 6.45) is 3.61. The highest BCUT2D eigenvalue weighted by molar-refractivity contribution is 5.80. The van der Waals surface area contributed by atoms with Crippen molar-refractivity contribution in [3.8, 4) is 11.5 Å². The Morgan fingerprint density at radius 2 is 1.08 bits per heavy atom. The molecule has 0 aliphatic heterocycles. The predicted octanol–water partition coefficient (Wildman–Crippen LogP) is 2.89. The van der Waals surface area contributed by atoms with E-state index < -0.39 is 0 Å². The molecule has 2 aromatic rings. The first-order valence-electron chi connectivity index (χ1n) is 7.89. The maximum Gasteiger partial charge on any atom is 0.122 e. The lowest BCUT2D eigenvalue weighted by Crippen LogP contribution is -2.26. The van der Waals surface area contributed by atoms with Crippen LogP contribution in [0.2, 0.25) is 0 Å². The lowest BCUT2D eigenvalue weighted by atomic mass is 10.2. The molecular weight excluding hydrogens is 316 g/mol. The maximum absolute atomic E-state index is 5.14. The Hall–Kier alpha value is -3.02. The highest BCUT2D eigenvalue weighted by Crippen LogP contribution is 2.10. The lowest BCUT2D eigenvalue weighted by Gasteiger charge is -2.19. The summed E-state index contributed by atoms with van der Waals surface area (Å²) in [5.74, 6) is 1.66. The summed E-state index contributed by atoms with van der Waals surface area (Å²) >= 11 is 0. The fraction of sp³-hybridized carbons (Fsp3) is 0.263. The van der Waals surface area contributed by atoms with Gasteiger partial charge in [-0.25, -0.2) is 0 Å². The average molecular weight is 340 g/mol. The first-order valence-corrected chi connectivity index (χ1v) is 7.89. The van der Waals surface area contributed by atoms with Crippen LogP contribution in [-0.4, -0.2) is 57.4 Å². The van der Waals surface area contributed by atoms with Crippen molar-refractivity contribution >= 4 is 12.4 Å². The minimum atomic E-state index is 0.569.